The molecular formula is C16H20N2O3. The maximum absolute atomic E-state index is 7.57. The van der Waals surface area contributed by atoms with Gasteiger partial charge in [-0.05, 0) is 12.5 Å². The van der Waals surface area contributed by atoms with Crippen LogP contribution in [0.25, 0.3) is 0 Å². The minimum Gasteiger partial charge on any atom is -0.491 e. The molecule has 0 aliphatic heterocycles. The second-order valence-corrected chi connectivity index (χ2v) is 3.89. The second kappa shape index (κ2) is 9.50. The Morgan fingerprint density at radius 2 is 1.86 bits per heavy atom. The van der Waals surface area contributed by atoms with E-state index in [2.05, 4.69) is 9.98 Å². The van der Waals surface area contributed by atoms with Crippen LogP contribution >= 0.6 is 0 Å². The first-order valence-electron chi connectivity index (χ1n) is 6.53. The lowest BCUT2D eigenvalue weighted by molar-refractivity contribution is 0.318. The molecule has 5 heteroatoms. The number of aliphatic hydroxyl groups excluding tert-OH is 1. The van der Waals surface area contributed by atoms with Crippen LogP contribution in [-0.4, -0.2) is 37.1 Å². The lowest BCUT2D eigenvalue weighted by Gasteiger charge is -2.05. The highest BCUT2D eigenvalue weighted by molar-refractivity contribution is 5.81. The molecule has 0 aliphatic rings. The molecule has 0 saturated heterocycles. The van der Waals surface area contributed by atoms with Crippen LogP contribution in [0.2, 0.25) is 0 Å². The summed E-state index contributed by atoms with van der Waals surface area (Å²) in [6.45, 7) is 1.93. The van der Waals surface area contributed by atoms with Gasteiger partial charge in [0.05, 0.1) is 26.1 Å². The Morgan fingerprint density at radius 1 is 1.19 bits per heavy atom. The molecule has 0 fully saturated rings. The summed E-state index contributed by atoms with van der Waals surface area (Å²) >= 11 is 0. The van der Waals surface area contributed by atoms with Crippen molar-refractivity contribution in [3.05, 3.63) is 48.2 Å². The van der Waals surface area contributed by atoms with Crippen molar-refractivity contribution in [1.82, 2.24) is 4.98 Å². The summed E-state index contributed by atoms with van der Waals surface area (Å²) in [6, 6.07) is 11.7. The highest BCUT2D eigenvalue weighted by Crippen LogP contribution is 2.27. The van der Waals surface area contributed by atoms with E-state index in [9.17, 15) is 0 Å². The number of aromatic nitrogens is 1. The Kier molecular flexibility index (Phi) is 7.53. The first-order chi connectivity index (χ1) is 10.2. The van der Waals surface area contributed by atoms with Crippen LogP contribution in [0.5, 0.6) is 11.6 Å². The van der Waals surface area contributed by atoms with Crippen molar-refractivity contribution in [3.8, 4) is 11.6 Å². The van der Waals surface area contributed by atoms with Crippen LogP contribution in [0.1, 0.15) is 12.5 Å². The second-order valence-electron chi connectivity index (χ2n) is 3.89. The van der Waals surface area contributed by atoms with Crippen LogP contribution in [0.4, 0.5) is 5.69 Å². The predicted octanol–water partition coefficient (Wildman–Crippen LogP) is 2.85. The molecule has 0 saturated carbocycles. The Balaban J connectivity index is 0.000000677. The van der Waals surface area contributed by atoms with Gasteiger partial charge in [0, 0.05) is 18.9 Å². The van der Waals surface area contributed by atoms with Crippen molar-refractivity contribution in [3.63, 3.8) is 0 Å². The largest absolute Gasteiger partial charge is 0.491 e. The van der Waals surface area contributed by atoms with Gasteiger partial charge in [0.25, 0.3) is 5.88 Å². The van der Waals surface area contributed by atoms with Crippen LogP contribution in [0, 0.1) is 0 Å². The molecule has 1 aromatic heterocycles. The lowest BCUT2D eigenvalue weighted by atomic mass is 10.2. The Morgan fingerprint density at radius 3 is 2.43 bits per heavy atom. The minimum absolute atomic E-state index is 0.250. The fraction of sp³-hybridized carbons (Fsp3) is 0.250. The van der Waals surface area contributed by atoms with Crippen LogP contribution < -0.4 is 9.47 Å². The number of pyridine rings is 1. The van der Waals surface area contributed by atoms with E-state index in [1.165, 1.54) is 0 Å². The van der Waals surface area contributed by atoms with Gasteiger partial charge in [0.1, 0.15) is 0 Å². The molecule has 0 aliphatic carbocycles. The van der Waals surface area contributed by atoms with Gasteiger partial charge in [-0.1, -0.05) is 30.3 Å². The minimum atomic E-state index is 0.250. The molecule has 5 nitrogen and oxygen atoms in total. The molecule has 0 atom stereocenters. The van der Waals surface area contributed by atoms with Crippen LogP contribution in [0.15, 0.2) is 47.6 Å². The zero-order valence-corrected chi connectivity index (χ0v) is 12.5. The summed E-state index contributed by atoms with van der Waals surface area (Å²) in [7, 11) is 3.13. The van der Waals surface area contributed by atoms with Crippen LogP contribution in [-0.2, 0) is 0 Å². The smallest absolute Gasteiger partial charge is 0.256 e. The summed E-state index contributed by atoms with van der Waals surface area (Å²) in [6.07, 6.45) is 3.42. The molecule has 0 amide bonds. The quantitative estimate of drug-likeness (QED) is 0.879. The van der Waals surface area contributed by atoms with E-state index in [1.54, 1.807) is 39.6 Å². The van der Waals surface area contributed by atoms with E-state index in [0.29, 0.717) is 11.6 Å². The summed E-state index contributed by atoms with van der Waals surface area (Å²) in [4.78, 5) is 8.46. The number of rotatable bonds is 4. The standard InChI is InChI=1S/C14H14N2O2.C2H6O/c1-17-13-8-12(10-16-14(13)18-2)15-9-11-6-4-3-5-7-11;1-2-3/h3-10H,1-2H3;3H,2H2,1H3. The fourth-order valence-corrected chi connectivity index (χ4v) is 1.48. The molecule has 0 spiro atoms. The number of hydrogen-bond acceptors (Lipinski definition) is 5. The predicted molar refractivity (Wildman–Crippen MR) is 83.8 cm³/mol. The molecule has 112 valence electrons. The summed E-state index contributed by atoms with van der Waals surface area (Å²) in [5.74, 6) is 1.02. The fourth-order valence-electron chi connectivity index (χ4n) is 1.48. The molecule has 0 unspecified atom stereocenters. The average molecular weight is 288 g/mol. The normalized spacial score (nSPS) is 9.90. The maximum atomic E-state index is 7.57. The van der Waals surface area contributed by atoms with Crippen molar-refractivity contribution in [1.29, 1.82) is 0 Å². The lowest BCUT2D eigenvalue weighted by Crippen LogP contribution is -1.92. The SMILES string of the molecule is CCO.COc1cc(N=Cc2ccccc2)cnc1OC. The van der Waals surface area contributed by atoms with E-state index in [1.807, 2.05) is 30.3 Å². The van der Waals surface area contributed by atoms with E-state index in [0.717, 1.165) is 11.3 Å². The number of ether oxygens (including phenoxy) is 2. The van der Waals surface area contributed by atoms with Crippen molar-refractivity contribution in [2.45, 2.75) is 6.92 Å². The van der Waals surface area contributed by atoms with E-state index >= 15 is 0 Å². The molecule has 0 radical (unpaired) electrons. The van der Waals surface area contributed by atoms with E-state index in [-0.39, 0.29) is 6.61 Å². The number of benzene rings is 1. The van der Waals surface area contributed by atoms with Crippen LogP contribution in [0.3, 0.4) is 0 Å². The van der Waals surface area contributed by atoms with Crippen molar-refractivity contribution in [2.75, 3.05) is 20.8 Å². The summed E-state index contributed by atoms with van der Waals surface area (Å²) < 4.78 is 10.2. The third-order valence-corrected chi connectivity index (χ3v) is 2.38. The number of aliphatic imine (C=N–C) groups is 1. The third-order valence-electron chi connectivity index (χ3n) is 2.38. The molecule has 2 aromatic rings. The zero-order valence-electron chi connectivity index (χ0n) is 12.5. The van der Waals surface area contributed by atoms with Gasteiger partial charge >= 0.3 is 0 Å². The molecular weight excluding hydrogens is 268 g/mol. The Hall–Kier alpha value is -2.40. The molecule has 21 heavy (non-hydrogen) atoms. The molecule has 1 heterocycles. The molecule has 1 N–H and O–H groups in total. The number of nitrogens with zero attached hydrogens (tertiary/aromatic N) is 2. The summed E-state index contributed by atoms with van der Waals surface area (Å²) in [5.41, 5.74) is 1.75. The van der Waals surface area contributed by atoms with Gasteiger partial charge in [0.15, 0.2) is 5.75 Å². The highest BCUT2D eigenvalue weighted by atomic mass is 16.5. The van der Waals surface area contributed by atoms with Gasteiger partial charge in [-0.2, -0.15) is 0 Å². The first-order valence-corrected chi connectivity index (χ1v) is 6.53. The highest BCUT2D eigenvalue weighted by Gasteiger charge is 2.04. The zero-order chi connectivity index (χ0) is 15.5. The van der Waals surface area contributed by atoms with Crippen molar-refractivity contribution >= 4 is 11.9 Å². The Labute approximate surface area is 124 Å². The molecule has 0 bridgehead atoms. The number of methoxy groups -OCH3 is 2. The van der Waals surface area contributed by atoms with Crippen molar-refractivity contribution in [2.24, 2.45) is 4.99 Å². The van der Waals surface area contributed by atoms with Gasteiger partial charge in [-0.15, -0.1) is 0 Å². The van der Waals surface area contributed by atoms with Gasteiger partial charge in [-0.3, -0.25) is 4.99 Å². The van der Waals surface area contributed by atoms with E-state index < -0.39 is 0 Å². The Bertz CT molecular complexity index is 557. The average Bonchev–Trinajstić information content (AvgIpc) is 2.54. The molecule has 2 rings (SSSR count). The third kappa shape index (κ3) is 5.62. The van der Waals surface area contributed by atoms with E-state index in [4.69, 9.17) is 14.6 Å². The topological polar surface area (TPSA) is 63.9 Å². The maximum Gasteiger partial charge on any atom is 0.256 e. The molecule has 1 aromatic carbocycles. The van der Waals surface area contributed by atoms with Gasteiger partial charge in [0.2, 0.25) is 0 Å². The monoisotopic (exact) mass is 288 g/mol. The van der Waals surface area contributed by atoms with Crippen molar-refractivity contribution < 1.29 is 14.6 Å². The van der Waals surface area contributed by atoms with Gasteiger partial charge < -0.3 is 14.6 Å². The number of hydrogen-bond donors (Lipinski definition) is 1. The summed E-state index contributed by atoms with van der Waals surface area (Å²) in [5, 5.41) is 7.57. The van der Waals surface area contributed by atoms with Gasteiger partial charge in [-0.25, -0.2) is 4.98 Å². The number of aliphatic hydroxyl groups is 1. The first kappa shape index (κ1) is 16.7.